The molecule has 3 N–H and O–H groups in total. The standard InChI is InChI=1S/C37H68NO9P/c1-3-5-7-8-9-10-11-12-16-19-23-27-36(39)43-31-33(32-45-48(41,42)44-30-29-38)46-37(40)28-24-20-17-14-13-15-18-22-26-35-34(47-35)25-21-6-4-2/h8-9,18,22,33-35H,3-7,10-17,19-21,23-32,38H2,1-2H3,(H,41,42)/b9-8-,22-18-/t33-,34?,35?/m1/s1. The summed E-state index contributed by atoms with van der Waals surface area (Å²) in [6.45, 7) is 3.61. The minimum atomic E-state index is -4.38. The van der Waals surface area contributed by atoms with E-state index in [1.807, 2.05) is 0 Å². The molecule has 0 aromatic heterocycles. The Labute approximate surface area is 291 Å². The predicted octanol–water partition coefficient (Wildman–Crippen LogP) is 9.04. The Bertz CT molecular complexity index is 913. The molecule has 0 bridgehead atoms. The molecule has 10 nitrogen and oxygen atoms in total. The molecule has 1 aliphatic heterocycles. The molecule has 1 aliphatic rings. The van der Waals surface area contributed by atoms with Crippen LogP contribution < -0.4 is 5.73 Å². The van der Waals surface area contributed by atoms with Crippen LogP contribution in [0.4, 0.5) is 0 Å². The molecule has 0 spiro atoms. The van der Waals surface area contributed by atoms with E-state index in [1.165, 1.54) is 38.5 Å². The maximum atomic E-state index is 12.5. The largest absolute Gasteiger partial charge is 0.472 e. The first kappa shape index (κ1) is 44.5. The van der Waals surface area contributed by atoms with E-state index in [9.17, 15) is 19.0 Å². The zero-order valence-corrected chi connectivity index (χ0v) is 31.1. The van der Waals surface area contributed by atoms with Crippen LogP contribution in [0.2, 0.25) is 0 Å². The van der Waals surface area contributed by atoms with Crippen molar-refractivity contribution in [3.8, 4) is 0 Å². The van der Waals surface area contributed by atoms with E-state index in [1.54, 1.807) is 0 Å². The molecule has 11 heteroatoms. The Hall–Kier alpha value is -1.55. The quantitative estimate of drug-likeness (QED) is 0.0219. The number of unbranched alkanes of at least 4 members (excludes halogenated alkanes) is 14. The van der Waals surface area contributed by atoms with Crippen molar-refractivity contribution in [1.82, 2.24) is 0 Å². The molecular weight excluding hydrogens is 633 g/mol. The van der Waals surface area contributed by atoms with E-state index in [-0.39, 0.29) is 32.6 Å². The summed E-state index contributed by atoms with van der Waals surface area (Å²) in [7, 11) is -4.38. The zero-order valence-electron chi connectivity index (χ0n) is 30.2. The Morgan fingerprint density at radius 1 is 0.729 bits per heavy atom. The lowest BCUT2D eigenvalue weighted by atomic mass is 10.1. The van der Waals surface area contributed by atoms with E-state index in [0.717, 1.165) is 83.5 Å². The van der Waals surface area contributed by atoms with Gasteiger partial charge in [-0.15, -0.1) is 0 Å². The topological polar surface area (TPSA) is 147 Å². The number of nitrogens with two attached hydrogens (primary N) is 1. The number of phosphoric acid groups is 1. The van der Waals surface area contributed by atoms with Gasteiger partial charge in [0.15, 0.2) is 6.10 Å². The number of hydrogen-bond acceptors (Lipinski definition) is 9. The molecule has 1 saturated heterocycles. The van der Waals surface area contributed by atoms with Crippen LogP contribution in [0.25, 0.3) is 0 Å². The summed E-state index contributed by atoms with van der Waals surface area (Å²) in [6, 6.07) is 0. The first-order valence-corrected chi connectivity index (χ1v) is 20.4. The molecule has 0 radical (unpaired) electrons. The average Bonchev–Trinajstić information content (AvgIpc) is 3.82. The summed E-state index contributed by atoms with van der Waals surface area (Å²) in [5.41, 5.74) is 5.33. The Balaban J connectivity index is 2.23. The Kier molecular flexibility index (Phi) is 28.1. The van der Waals surface area contributed by atoms with Crippen molar-refractivity contribution >= 4 is 19.8 Å². The van der Waals surface area contributed by atoms with E-state index >= 15 is 0 Å². The van der Waals surface area contributed by atoms with E-state index in [2.05, 4.69) is 38.2 Å². The van der Waals surface area contributed by atoms with Gasteiger partial charge in [0.2, 0.25) is 0 Å². The SMILES string of the molecule is CCCC/C=C\CCCCCCCC(=O)OC[C@H](COP(=O)(O)OCCN)OC(=O)CCCCCCC/C=C\CC1OC1CCCCC. The summed E-state index contributed by atoms with van der Waals surface area (Å²) in [5, 5.41) is 0. The van der Waals surface area contributed by atoms with Gasteiger partial charge in [-0.2, -0.15) is 0 Å². The molecule has 4 atom stereocenters. The van der Waals surface area contributed by atoms with Crippen molar-refractivity contribution in [2.45, 2.75) is 173 Å². The van der Waals surface area contributed by atoms with Crippen LogP contribution in [0, 0.1) is 0 Å². The molecule has 0 aromatic rings. The second kappa shape index (κ2) is 30.3. The molecule has 3 unspecified atom stereocenters. The van der Waals surface area contributed by atoms with Gasteiger partial charge in [-0.25, -0.2) is 4.57 Å². The van der Waals surface area contributed by atoms with E-state index in [0.29, 0.717) is 18.6 Å². The first-order chi connectivity index (χ1) is 23.3. The molecule has 48 heavy (non-hydrogen) atoms. The van der Waals surface area contributed by atoms with Crippen molar-refractivity contribution < 1.29 is 42.3 Å². The number of epoxide rings is 1. The fourth-order valence-corrected chi connectivity index (χ4v) is 6.03. The molecular formula is C37H68NO9P. The highest BCUT2D eigenvalue weighted by Crippen LogP contribution is 2.43. The predicted molar refractivity (Wildman–Crippen MR) is 191 cm³/mol. The lowest BCUT2D eigenvalue weighted by Gasteiger charge is -2.19. The second-order valence-corrected chi connectivity index (χ2v) is 14.3. The van der Waals surface area contributed by atoms with Gasteiger partial charge in [0, 0.05) is 19.4 Å². The fraction of sp³-hybridized carbons (Fsp3) is 0.838. The number of hydrogen-bond donors (Lipinski definition) is 2. The minimum Gasteiger partial charge on any atom is -0.462 e. The van der Waals surface area contributed by atoms with Crippen molar-refractivity contribution in [3.05, 3.63) is 24.3 Å². The zero-order chi connectivity index (χ0) is 35.1. The van der Waals surface area contributed by atoms with Crippen LogP contribution in [0.5, 0.6) is 0 Å². The number of carbonyl (C=O) groups excluding carboxylic acids is 2. The van der Waals surface area contributed by atoms with Gasteiger partial charge in [-0.1, -0.05) is 109 Å². The van der Waals surface area contributed by atoms with Gasteiger partial charge in [-0.3, -0.25) is 18.6 Å². The molecule has 0 aliphatic carbocycles. The van der Waals surface area contributed by atoms with Gasteiger partial charge in [0.25, 0.3) is 0 Å². The van der Waals surface area contributed by atoms with Crippen LogP contribution in [0.3, 0.4) is 0 Å². The number of carbonyl (C=O) groups is 2. The number of esters is 2. The molecule has 1 rings (SSSR count). The third kappa shape index (κ3) is 27.3. The summed E-state index contributed by atoms with van der Waals surface area (Å²) in [6.07, 6.45) is 30.9. The molecule has 0 aromatic carbocycles. The maximum Gasteiger partial charge on any atom is 0.472 e. The summed E-state index contributed by atoms with van der Waals surface area (Å²) in [4.78, 5) is 34.7. The van der Waals surface area contributed by atoms with Crippen molar-refractivity contribution in [3.63, 3.8) is 0 Å². The second-order valence-electron chi connectivity index (χ2n) is 12.8. The highest BCUT2D eigenvalue weighted by Gasteiger charge is 2.36. The van der Waals surface area contributed by atoms with Gasteiger partial charge in [-0.05, 0) is 57.8 Å². The number of allylic oxidation sites excluding steroid dienone is 3. The third-order valence-electron chi connectivity index (χ3n) is 8.23. The van der Waals surface area contributed by atoms with Gasteiger partial charge in [0.1, 0.15) is 6.61 Å². The molecule has 0 saturated carbocycles. The van der Waals surface area contributed by atoms with Crippen LogP contribution in [-0.2, 0) is 37.4 Å². The van der Waals surface area contributed by atoms with Gasteiger partial charge in [0.05, 0.1) is 25.4 Å². The van der Waals surface area contributed by atoms with Crippen LogP contribution in [0.15, 0.2) is 24.3 Å². The number of rotatable bonds is 34. The lowest BCUT2D eigenvalue weighted by molar-refractivity contribution is -0.161. The van der Waals surface area contributed by atoms with Crippen LogP contribution in [0.1, 0.15) is 155 Å². The Morgan fingerprint density at radius 2 is 1.31 bits per heavy atom. The molecule has 0 amide bonds. The summed E-state index contributed by atoms with van der Waals surface area (Å²) < 4.78 is 38.3. The molecule has 1 fully saturated rings. The van der Waals surface area contributed by atoms with Crippen molar-refractivity contribution in [1.29, 1.82) is 0 Å². The molecule has 280 valence electrons. The number of ether oxygens (including phenoxy) is 3. The van der Waals surface area contributed by atoms with Crippen LogP contribution >= 0.6 is 7.82 Å². The van der Waals surface area contributed by atoms with Crippen molar-refractivity contribution in [2.24, 2.45) is 5.73 Å². The third-order valence-corrected chi connectivity index (χ3v) is 9.22. The summed E-state index contributed by atoms with van der Waals surface area (Å²) >= 11 is 0. The van der Waals surface area contributed by atoms with E-state index < -0.39 is 32.5 Å². The fourth-order valence-electron chi connectivity index (χ4n) is 5.27. The normalized spacial score (nSPS) is 17.9. The average molecular weight is 702 g/mol. The molecule has 1 heterocycles. The highest BCUT2D eigenvalue weighted by molar-refractivity contribution is 7.47. The Morgan fingerprint density at radius 3 is 1.96 bits per heavy atom. The monoisotopic (exact) mass is 701 g/mol. The maximum absolute atomic E-state index is 12.5. The van der Waals surface area contributed by atoms with E-state index in [4.69, 9.17) is 29.0 Å². The smallest absolute Gasteiger partial charge is 0.462 e. The van der Waals surface area contributed by atoms with Gasteiger partial charge < -0.3 is 24.8 Å². The first-order valence-electron chi connectivity index (χ1n) is 18.9. The lowest BCUT2D eigenvalue weighted by Crippen LogP contribution is -2.29. The van der Waals surface area contributed by atoms with Gasteiger partial charge >= 0.3 is 19.8 Å². The summed E-state index contributed by atoms with van der Waals surface area (Å²) in [5.74, 6) is -0.863. The van der Waals surface area contributed by atoms with Crippen molar-refractivity contribution in [2.75, 3.05) is 26.4 Å². The number of phosphoric ester groups is 1. The minimum absolute atomic E-state index is 0.0478. The highest BCUT2D eigenvalue weighted by atomic mass is 31.2. The van der Waals surface area contributed by atoms with Crippen LogP contribution in [-0.4, -0.2) is 61.5 Å².